The zero-order valence-corrected chi connectivity index (χ0v) is 10.7. The summed E-state index contributed by atoms with van der Waals surface area (Å²) in [4.78, 5) is 11.4. The van der Waals surface area contributed by atoms with E-state index in [0.717, 1.165) is 12.0 Å². The van der Waals surface area contributed by atoms with Gasteiger partial charge < -0.3 is 4.74 Å². The van der Waals surface area contributed by atoms with Gasteiger partial charge in [0.1, 0.15) is 6.07 Å². The van der Waals surface area contributed by atoms with E-state index in [1.807, 2.05) is 13.0 Å². The Hall–Kier alpha value is -1.53. The molecule has 0 fully saturated rings. The molecule has 0 heterocycles. The predicted octanol–water partition coefficient (Wildman–Crippen LogP) is 2.88. The standard InChI is InChI=1S/C13H14ClNO2/c1-3-9-5-6-10(7-12(16)17-4-2)13(14)11(9)8-15/h5-6H,3-4,7H2,1-2H3. The topological polar surface area (TPSA) is 50.1 Å². The monoisotopic (exact) mass is 251 g/mol. The van der Waals surface area contributed by atoms with Crippen molar-refractivity contribution in [3.05, 3.63) is 33.8 Å². The molecule has 0 N–H and O–H groups in total. The minimum atomic E-state index is -0.331. The van der Waals surface area contributed by atoms with Crippen molar-refractivity contribution in [1.82, 2.24) is 0 Å². The van der Waals surface area contributed by atoms with Gasteiger partial charge in [0.25, 0.3) is 0 Å². The molecular formula is C13H14ClNO2. The van der Waals surface area contributed by atoms with Gasteiger partial charge in [-0.05, 0) is 24.5 Å². The Morgan fingerprint density at radius 3 is 2.59 bits per heavy atom. The molecule has 90 valence electrons. The lowest BCUT2D eigenvalue weighted by molar-refractivity contribution is -0.142. The molecule has 0 aliphatic heterocycles. The Bertz CT molecular complexity index is 463. The second-order valence-corrected chi connectivity index (χ2v) is 3.90. The van der Waals surface area contributed by atoms with E-state index in [-0.39, 0.29) is 12.4 Å². The van der Waals surface area contributed by atoms with Crippen LogP contribution in [0.25, 0.3) is 0 Å². The molecule has 0 bridgehead atoms. The molecule has 0 aliphatic carbocycles. The number of carbonyl (C=O) groups excluding carboxylic acids is 1. The molecule has 0 aromatic heterocycles. The normalized spacial score (nSPS) is 9.76. The fourth-order valence-electron chi connectivity index (χ4n) is 1.58. The second-order valence-electron chi connectivity index (χ2n) is 3.52. The van der Waals surface area contributed by atoms with Gasteiger partial charge in [0.15, 0.2) is 0 Å². The highest BCUT2D eigenvalue weighted by Crippen LogP contribution is 2.25. The first kappa shape index (κ1) is 13.5. The van der Waals surface area contributed by atoms with Gasteiger partial charge in [0.05, 0.1) is 23.6 Å². The number of nitriles is 1. The quantitative estimate of drug-likeness (QED) is 0.773. The molecule has 3 nitrogen and oxygen atoms in total. The van der Waals surface area contributed by atoms with Crippen LogP contribution in [0, 0.1) is 11.3 Å². The van der Waals surface area contributed by atoms with Crippen LogP contribution in [0.5, 0.6) is 0 Å². The largest absolute Gasteiger partial charge is 0.466 e. The Balaban J connectivity index is 3.04. The lowest BCUT2D eigenvalue weighted by atomic mass is 10.0. The minimum Gasteiger partial charge on any atom is -0.466 e. The molecule has 4 heteroatoms. The van der Waals surface area contributed by atoms with Gasteiger partial charge in [0, 0.05) is 0 Å². The third-order valence-corrected chi connectivity index (χ3v) is 2.87. The van der Waals surface area contributed by atoms with Gasteiger partial charge in [-0.15, -0.1) is 0 Å². The summed E-state index contributed by atoms with van der Waals surface area (Å²) in [5.74, 6) is -0.331. The van der Waals surface area contributed by atoms with Crippen LogP contribution in [-0.2, 0) is 22.4 Å². The molecule has 0 radical (unpaired) electrons. The summed E-state index contributed by atoms with van der Waals surface area (Å²) in [6, 6.07) is 5.69. The van der Waals surface area contributed by atoms with Crippen LogP contribution < -0.4 is 0 Å². The van der Waals surface area contributed by atoms with Crippen LogP contribution >= 0.6 is 11.6 Å². The zero-order valence-electron chi connectivity index (χ0n) is 9.92. The Labute approximate surface area is 106 Å². The number of hydrogen-bond donors (Lipinski definition) is 0. The molecule has 0 unspecified atom stereocenters. The van der Waals surface area contributed by atoms with Crippen molar-refractivity contribution in [3.63, 3.8) is 0 Å². The van der Waals surface area contributed by atoms with Crippen molar-refractivity contribution in [2.45, 2.75) is 26.7 Å². The lowest BCUT2D eigenvalue weighted by Crippen LogP contribution is -2.08. The van der Waals surface area contributed by atoms with E-state index in [1.54, 1.807) is 13.0 Å². The Morgan fingerprint density at radius 2 is 2.06 bits per heavy atom. The molecule has 1 rings (SSSR count). The zero-order chi connectivity index (χ0) is 12.8. The van der Waals surface area contributed by atoms with Crippen molar-refractivity contribution in [3.8, 4) is 6.07 Å². The van der Waals surface area contributed by atoms with E-state index in [0.29, 0.717) is 22.8 Å². The second kappa shape index (κ2) is 6.27. The lowest BCUT2D eigenvalue weighted by Gasteiger charge is -2.08. The summed E-state index contributed by atoms with van der Waals surface area (Å²) in [5, 5.41) is 9.40. The molecule has 0 aliphatic rings. The molecule has 0 saturated carbocycles. The summed E-state index contributed by atoms with van der Waals surface area (Å²) in [6.07, 6.45) is 0.841. The van der Waals surface area contributed by atoms with Crippen molar-refractivity contribution < 1.29 is 9.53 Å². The number of rotatable bonds is 4. The van der Waals surface area contributed by atoms with Gasteiger partial charge in [-0.2, -0.15) is 5.26 Å². The summed E-state index contributed by atoms with van der Waals surface area (Å²) in [5.41, 5.74) is 1.99. The third-order valence-electron chi connectivity index (χ3n) is 2.44. The molecule has 0 saturated heterocycles. The highest BCUT2D eigenvalue weighted by Gasteiger charge is 2.13. The van der Waals surface area contributed by atoms with E-state index < -0.39 is 0 Å². The number of halogens is 1. The first-order chi connectivity index (χ1) is 8.13. The maximum atomic E-state index is 11.4. The molecule has 0 atom stereocenters. The highest BCUT2D eigenvalue weighted by atomic mass is 35.5. The van der Waals surface area contributed by atoms with Gasteiger partial charge >= 0.3 is 5.97 Å². The van der Waals surface area contributed by atoms with Crippen LogP contribution in [-0.4, -0.2) is 12.6 Å². The third kappa shape index (κ3) is 3.21. The molecule has 17 heavy (non-hydrogen) atoms. The number of benzene rings is 1. The molecular weight excluding hydrogens is 238 g/mol. The smallest absolute Gasteiger partial charge is 0.310 e. The van der Waals surface area contributed by atoms with Crippen LogP contribution in [0.4, 0.5) is 0 Å². The van der Waals surface area contributed by atoms with E-state index in [4.69, 9.17) is 21.6 Å². The number of esters is 1. The first-order valence-electron chi connectivity index (χ1n) is 5.50. The van der Waals surface area contributed by atoms with E-state index >= 15 is 0 Å². The van der Waals surface area contributed by atoms with E-state index in [2.05, 4.69) is 6.07 Å². The SMILES string of the molecule is CCOC(=O)Cc1ccc(CC)c(C#N)c1Cl. The Morgan fingerprint density at radius 1 is 1.41 bits per heavy atom. The fourth-order valence-corrected chi connectivity index (χ4v) is 1.87. The van der Waals surface area contributed by atoms with Crippen molar-refractivity contribution in [2.75, 3.05) is 6.61 Å². The number of aryl methyl sites for hydroxylation is 1. The molecule has 1 aromatic carbocycles. The average molecular weight is 252 g/mol. The van der Waals surface area contributed by atoms with Crippen LogP contribution in [0.15, 0.2) is 12.1 Å². The van der Waals surface area contributed by atoms with Crippen molar-refractivity contribution >= 4 is 17.6 Å². The van der Waals surface area contributed by atoms with Crippen LogP contribution in [0.2, 0.25) is 5.02 Å². The molecule has 1 aromatic rings. The fraction of sp³-hybridized carbons (Fsp3) is 0.385. The predicted molar refractivity (Wildman–Crippen MR) is 65.9 cm³/mol. The van der Waals surface area contributed by atoms with Gasteiger partial charge in [-0.25, -0.2) is 0 Å². The summed E-state index contributed by atoms with van der Waals surface area (Å²) >= 11 is 6.11. The maximum Gasteiger partial charge on any atom is 0.310 e. The number of carbonyl (C=O) groups is 1. The Kier molecular flexibility index (Phi) is 4.99. The minimum absolute atomic E-state index is 0.103. The highest BCUT2D eigenvalue weighted by molar-refractivity contribution is 6.32. The first-order valence-corrected chi connectivity index (χ1v) is 5.87. The van der Waals surface area contributed by atoms with Gasteiger partial charge in [-0.1, -0.05) is 30.7 Å². The summed E-state index contributed by atoms with van der Waals surface area (Å²) < 4.78 is 4.85. The van der Waals surface area contributed by atoms with Gasteiger partial charge in [0.2, 0.25) is 0 Å². The van der Waals surface area contributed by atoms with E-state index in [1.165, 1.54) is 0 Å². The maximum absolute atomic E-state index is 11.4. The number of ether oxygens (including phenoxy) is 1. The number of hydrogen-bond acceptors (Lipinski definition) is 3. The number of nitrogens with zero attached hydrogens (tertiary/aromatic N) is 1. The van der Waals surface area contributed by atoms with Crippen molar-refractivity contribution in [2.24, 2.45) is 0 Å². The summed E-state index contributed by atoms with van der Waals surface area (Å²) in [6.45, 7) is 4.05. The molecule has 0 amide bonds. The van der Waals surface area contributed by atoms with Crippen LogP contribution in [0.3, 0.4) is 0 Å². The van der Waals surface area contributed by atoms with Crippen LogP contribution in [0.1, 0.15) is 30.5 Å². The molecule has 0 spiro atoms. The van der Waals surface area contributed by atoms with Crippen molar-refractivity contribution in [1.29, 1.82) is 5.26 Å². The average Bonchev–Trinajstić information content (AvgIpc) is 2.31. The van der Waals surface area contributed by atoms with Gasteiger partial charge in [-0.3, -0.25) is 4.79 Å². The van der Waals surface area contributed by atoms with E-state index in [9.17, 15) is 4.79 Å². The summed E-state index contributed by atoms with van der Waals surface area (Å²) in [7, 11) is 0.